The van der Waals surface area contributed by atoms with Gasteiger partial charge in [-0.15, -0.1) is 0 Å². The number of likely N-dealkylation sites (N-methyl/N-ethyl adjacent to an activating group) is 1. The third kappa shape index (κ3) is 5.66. The lowest BCUT2D eigenvalue weighted by atomic mass is 10.3. The molecule has 0 unspecified atom stereocenters. The van der Waals surface area contributed by atoms with Crippen LogP contribution in [0.5, 0.6) is 0 Å². The smallest absolute Gasteiger partial charge is 0.323 e. The van der Waals surface area contributed by atoms with Gasteiger partial charge in [-0.25, -0.2) is 0 Å². The van der Waals surface area contributed by atoms with Crippen molar-refractivity contribution in [3.05, 3.63) is 0 Å². The lowest BCUT2D eigenvalue weighted by Crippen LogP contribution is -2.35. The Morgan fingerprint density at radius 3 is 2.07 bits per heavy atom. The van der Waals surface area contributed by atoms with Gasteiger partial charge in [0.2, 0.25) is 11.8 Å². The molecule has 0 aromatic heterocycles. The van der Waals surface area contributed by atoms with Crippen LogP contribution in [0.4, 0.5) is 0 Å². The van der Waals surface area contributed by atoms with E-state index in [0.29, 0.717) is 6.54 Å². The Hall–Kier alpha value is -1.59. The predicted octanol–water partition coefficient (Wildman–Crippen LogP) is -0.602. The lowest BCUT2D eigenvalue weighted by molar-refractivity contribution is -0.143. The first-order chi connectivity index (χ1) is 6.84. The zero-order valence-electron chi connectivity index (χ0n) is 9.19. The quantitative estimate of drug-likeness (QED) is 0.665. The molecule has 1 N–H and O–H groups in total. The van der Waals surface area contributed by atoms with Crippen molar-refractivity contribution < 1.29 is 19.5 Å². The number of carbonyl (C=O) groups is 3. The molecule has 0 rings (SSSR count). The van der Waals surface area contributed by atoms with Crippen molar-refractivity contribution in [3.63, 3.8) is 0 Å². The highest BCUT2D eigenvalue weighted by atomic mass is 16.4. The first kappa shape index (κ1) is 13.4. The minimum absolute atomic E-state index is 0.122. The number of rotatable bonds is 5. The summed E-state index contributed by atoms with van der Waals surface area (Å²) < 4.78 is 0. The first-order valence-corrected chi connectivity index (χ1v) is 4.52. The summed E-state index contributed by atoms with van der Waals surface area (Å²) in [7, 11) is 3.01. The topological polar surface area (TPSA) is 77.9 Å². The maximum Gasteiger partial charge on any atom is 0.323 e. The lowest BCUT2D eigenvalue weighted by Gasteiger charge is -2.18. The molecule has 2 amide bonds. The summed E-state index contributed by atoms with van der Waals surface area (Å²) in [5.41, 5.74) is 0. The Morgan fingerprint density at radius 2 is 1.67 bits per heavy atom. The second-order valence-corrected chi connectivity index (χ2v) is 3.33. The zero-order valence-corrected chi connectivity index (χ0v) is 9.19. The average molecular weight is 216 g/mol. The Bertz CT molecular complexity index is 265. The van der Waals surface area contributed by atoms with Crippen LogP contribution in [0.1, 0.15) is 13.3 Å². The molecule has 0 radical (unpaired) electrons. The minimum atomic E-state index is -1.05. The molecule has 0 aromatic rings. The fourth-order valence-electron chi connectivity index (χ4n) is 0.903. The summed E-state index contributed by atoms with van der Waals surface area (Å²) in [5.74, 6) is -1.46. The molecule has 86 valence electrons. The molecule has 0 fully saturated rings. The number of hydrogen-bond acceptors (Lipinski definition) is 3. The molecule has 0 saturated carbocycles. The zero-order chi connectivity index (χ0) is 12.0. The van der Waals surface area contributed by atoms with Gasteiger partial charge in [0, 0.05) is 34.0 Å². The highest BCUT2D eigenvalue weighted by Gasteiger charge is 2.13. The summed E-state index contributed by atoms with van der Waals surface area (Å²) in [5, 5.41) is 8.44. The second-order valence-electron chi connectivity index (χ2n) is 3.33. The van der Waals surface area contributed by atoms with Crippen molar-refractivity contribution in [2.45, 2.75) is 13.3 Å². The molecule has 0 spiro atoms. The van der Waals surface area contributed by atoms with Crippen molar-refractivity contribution in [1.82, 2.24) is 9.80 Å². The average Bonchev–Trinajstić information content (AvgIpc) is 2.12. The van der Waals surface area contributed by atoms with Gasteiger partial charge in [-0.05, 0) is 0 Å². The van der Waals surface area contributed by atoms with Gasteiger partial charge < -0.3 is 14.9 Å². The van der Waals surface area contributed by atoms with Crippen LogP contribution in [0.2, 0.25) is 0 Å². The molecule has 15 heavy (non-hydrogen) atoms. The van der Waals surface area contributed by atoms with Crippen LogP contribution in [0.15, 0.2) is 0 Å². The standard InChI is InChI=1S/C9H16N2O4/c1-7(12)10(2)5-4-8(13)11(3)6-9(14)15/h4-6H2,1-3H3,(H,14,15). The summed E-state index contributed by atoms with van der Waals surface area (Å²) in [6.07, 6.45) is 0.139. The molecule has 0 atom stereocenters. The third-order valence-electron chi connectivity index (χ3n) is 2.00. The highest BCUT2D eigenvalue weighted by molar-refractivity contribution is 5.81. The number of carbonyl (C=O) groups excluding carboxylic acids is 2. The van der Waals surface area contributed by atoms with E-state index in [9.17, 15) is 14.4 Å². The van der Waals surface area contributed by atoms with Gasteiger partial charge in [0.15, 0.2) is 0 Å². The van der Waals surface area contributed by atoms with E-state index in [1.165, 1.54) is 18.9 Å². The molecular weight excluding hydrogens is 200 g/mol. The summed E-state index contributed by atoms with van der Waals surface area (Å²) >= 11 is 0. The molecular formula is C9H16N2O4. The SMILES string of the molecule is CC(=O)N(C)CCC(=O)N(C)CC(=O)O. The molecule has 0 aliphatic heterocycles. The minimum Gasteiger partial charge on any atom is -0.480 e. The van der Waals surface area contributed by atoms with Gasteiger partial charge in [-0.2, -0.15) is 0 Å². The molecule has 0 aliphatic rings. The molecule has 0 bridgehead atoms. The monoisotopic (exact) mass is 216 g/mol. The van der Waals surface area contributed by atoms with Crippen molar-refractivity contribution in [2.75, 3.05) is 27.2 Å². The van der Waals surface area contributed by atoms with E-state index in [-0.39, 0.29) is 24.8 Å². The number of nitrogens with zero attached hydrogens (tertiary/aromatic N) is 2. The Balaban J connectivity index is 3.93. The van der Waals surface area contributed by atoms with Gasteiger partial charge in [0.1, 0.15) is 6.54 Å². The number of carboxylic acids is 1. The van der Waals surface area contributed by atoms with Crippen LogP contribution < -0.4 is 0 Å². The van der Waals surface area contributed by atoms with E-state index in [4.69, 9.17) is 5.11 Å². The van der Waals surface area contributed by atoms with Crippen LogP contribution >= 0.6 is 0 Å². The predicted molar refractivity (Wildman–Crippen MR) is 53.2 cm³/mol. The highest BCUT2D eigenvalue weighted by Crippen LogP contribution is 1.94. The first-order valence-electron chi connectivity index (χ1n) is 4.52. The second kappa shape index (κ2) is 6.00. The molecule has 6 nitrogen and oxygen atoms in total. The van der Waals surface area contributed by atoms with E-state index in [1.807, 2.05) is 0 Å². The molecule has 0 aromatic carbocycles. The maximum atomic E-state index is 11.3. The summed E-state index contributed by atoms with van der Waals surface area (Å²) in [6, 6.07) is 0. The van der Waals surface area contributed by atoms with E-state index >= 15 is 0 Å². The Kier molecular flexibility index (Phi) is 5.36. The van der Waals surface area contributed by atoms with E-state index in [2.05, 4.69) is 0 Å². The van der Waals surface area contributed by atoms with Crippen LogP contribution in [0.25, 0.3) is 0 Å². The number of carboxylic acid groups (broad SMARTS) is 1. The van der Waals surface area contributed by atoms with E-state index in [1.54, 1.807) is 7.05 Å². The largest absolute Gasteiger partial charge is 0.480 e. The summed E-state index contributed by atoms with van der Waals surface area (Å²) in [6.45, 7) is 1.40. The number of hydrogen-bond donors (Lipinski definition) is 1. The fourth-order valence-corrected chi connectivity index (χ4v) is 0.903. The van der Waals surface area contributed by atoms with Crippen molar-refractivity contribution in [2.24, 2.45) is 0 Å². The summed E-state index contributed by atoms with van der Waals surface area (Å²) in [4.78, 5) is 35.0. The molecule has 6 heteroatoms. The van der Waals surface area contributed by atoms with Gasteiger partial charge in [0.25, 0.3) is 0 Å². The van der Waals surface area contributed by atoms with Gasteiger partial charge in [-0.1, -0.05) is 0 Å². The fraction of sp³-hybridized carbons (Fsp3) is 0.667. The Labute approximate surface area is 88.5 Å². The van der Waals surface area contributed by atoms with E-state index in [0.717, 1.165) is 4.90 Å². The maximum absolute atomic E-state index is 11.3. The van der Waals surface area contributed by atoms with Crippen LogP contribution in [-0.4, -0.2) is 59.9 Å². The van der Waals surface area contributed by atoms with E-state index < -0.39 is 5.97 Å². The third-order valence-corrected chi connectivity index (χ3v) is 2.00. The normalized spacial score (nSPS) is 9.53. The van der Waals surface area contributed by atoms with Crippen LogP contribution in [0.3, 0.4) is 0 Å². The Morgan fingerprint density at radius 1 is 1.13 bits per heavy atom. The van der Waals surface area contributed by atoms with Crippen molar-refractivity contribution in [3.8, 4) is 0 Å². The van der Waals surface area contributed by atoms with Crippen molar-refractivity contribution >= 4 is 17.8 Å². The van der Waals surface area contributed by atoms with Crippen LogP contribution in [0, 0.1) is 0 Å². The number of amides is 2. The van der Waals surface area contributed by atoms with Gasteiger partial charge in [0.05, 0.1) is 0 Å². The van der Waals surface area contributed by atoms with Crippen LogP contribution in [-0.2, 0) is 14.4 Å². The molecule has 0 heterocycles. The number of aliphatic carboxylic acids is 1. The molecule has 0 saturated heterocycles. The van der Waals surface area contributed by atoms with Crippen molar-refractivity contribution in [1.29, 1.82) is 0 Å². The molecule has 0 aliphatic carbocycles. The van der Waals surface area contributed by atoms with Gasteiger partial charge >= 0.3 is 5.97 Å². The van der Waals surface area contributed by atoms with Gasteiger partial charge in [-0.3, -0.25) is 14.4 Å².